The number of aromatic carboxylic acids is 1. The number of aromatic amines is 1. The number of hydrogen-bond acceptors (Lipinski definition) is 2. The highest BCUT2D eigenvalue weighted by Gasteiger charge is 2.29. The van der Waals surface area contributed by atoms with E-state index in [1.54, 1.807) is 6.20 Å². The van der Waals surface area contributed by atoms with Gasteiger partial charge in [0.2, 0.25) is 5.91 Å². The molecule has 1 aliphatic rings. The van der Waals surface area contributed by atoms with Crippen LogP contribution in [0.25, 0.3) is 0 Å². The van der Waals surface area contributed by atoms with Gasteiger partial charge >= 0.3 is 5.97 Å². The van der Waals surface area contributed by atoms with Gasteiger partial charge in [0.1, 0.15) is 5.69 Å². The van der Waals surface area contributed by atoms with Crippen molar-refractivity contribution in [2.24, 2.45) is 5.92 Å². The van der Waals surface area contributed by atoms with Gasteiger partial charge in [-0.3, -0.25) is 4.79 Å². The molecule has 0 atom stereocenters. The minimum atomic E-state index is -0.991. The molecule has 5 heteroatoms. The molecule has 15 heavy (non-hydrogen) atoms. The van der Waals surface area contributed by atoms with Crippen LogP contribution < -0.4 is 5.32 Å². The fourth-order valence-electron chi connectivity index (χ4n) is 1.34. The second-order valence-corrected chi connectivity index (χ2v) is 3.72. The third-order valence-electron chi connectivity index (χ3n) is 2.39. The van der Waals surface area contributed by atoms with Gasteiger partial charge in [0.25, 0.3) is 0 Å². The highest BCUT2D eigenvalue weighted by atomic mass is 16.4. The number of carbonyl (C=O) groups excluding carboxylic acids is 1. The summed E-state index contributed by atoms with van der Waals surface area (Å²) in [6.07, 6.45) is 3.54. The Morgan fingerprint density at radius 2 is 2.27 bits per heavy atom. The monoisotopic (exact) mass is 208 g/mol. The van der Waals surface area contributed by atoms with Gasteiger partial charge in [0.05, 0.1) is 0 Å². The van der Waals surface area contributed by atoms with E-state index in [-0.39, 0.29) is 17.5 Å². The molecular weight excluding hydrogens is 196 g/mol. The first kappa shape index (κ1) is 9.76. The van der Waals surface area contributed by atoms with Crippen LogP contribution in [0.2, 0.25) is 0 Å². The normalized spacial score (nSPS) is 14.9. The summed E-state index contributed by atoms with van der Waals surface area (Å²) in [4.78, 5) is 24.5. The standard InChI is InChI=1S/C10H12N2O3/c13-9(7-1-2-7)12-5-6-3-8(10(14)15)11-4-6/h3-4,7,11H,1-2,5H2,(H,12,13)(H,14,15). The van der Waals surface area contributed by atoms with Crippen LogP contribution in [0.5, 0.6) is 0 Å². The quantitative estimate of drug-likeness (QED) is 0.682. The van der Waals surface area contributed by atoms with Crippen LogP contribution in [0.1, 0.15) is 28.9 Å². The van der Waals surface area contributed by atoms with E-state index in [0.29, 0.717) is 6.54 Å². The first-order chi connectivity index (χ1) is 7.16. The number of carboxylic acids is 1. The van der Waals surface area contributed by atoms with Gasteiger partial charge in [-0.1, -0.05) is 0 Å². The van der Waals surface area contributed by atoms with E-state index in [9.17, 15) is 9.59 Å². The molecular formula is C10H12N2O3. The van der Waals surface area contributed by atoms with E-state index in [1.165, 1.54) is 6.07 Å². The Labute approximate surface area is 86.5 Å². The summed E-state index contributed by atoms with van der Waals surface area (Å²) < 4.78 is 0. The summed E-state index contributed by atoms with van der Waals surface area (Å²) in [6, 6.07) is 1.52. The average molecular weight is 208 g/mol. The first-order valence-electron chi connectivity index (χ1n) is 4.85. The van der Waals surface area contributed by atoms with Gasteiger partial charge in [0.15, 0.2) is 0 Å². The average Bonchev–Trinajstić information content (AvgIpc) is 2.93. The Bertz CT molecular complexity index is 393. The number of amides is 1. The third kappa shape index (κ3) is 2.37. The van der Waals surface area contributed by atoms with Crippen molar-refractivity contribution in [2.45, 2.75) is 19.4 Å². The molecule has 1 fully saturated rings. The van der Waals surface area contributed by atoms with Crippen molar-refractivity contribution in [2.75, 3.05) is 0 Å². The summed E-state index contributed by atoms with van der Waals surface area (Å²) >= 11 is 0. The molecule has 0 aromatic carbocycles. The van der Waals surface area contributed by atoms with Crippen molar-refractivity contribution in [1.29, 1.82) is 0 Å². The maximum atomic E-state index is 11.3. The molecule has 0 spiro atoms. The number of carboxylic acid groups (broad SMARTS) is 1. The molecule has 1 amide bonds. The second kappa shape index (κ2) is 3.76. The zero-order valence-electron chi connectivity index (χ0n) is 8.12. The van der Waals surface area contributed by atoms with E-state index >= 15 is 0 Å². The van der Waals surface area contributed by atoms with Crippen molar-refractivity contribution in [3.8, 4) is 0 Å². The topological polar surface area (TPSA) is 82.2 Å². The van der Waals surface area contributed by atoms with Gasteiger partial charge in [-0.15, -0.1) is 0 Å². The van der Waals surface area contributed by atoms with Gasteiger partial charge in [0, 0.05) is 18.7 Å². The van der Waals surface area contributed by atoms with E-state index < -0.39 is 5.97 Å². The third-order valence-corrected chi connectivity index (χ3v) is 2.39. The molecule has 2 rings (SSSR count). The second-order valence-electron chi connectivity index (χ2n) is 3.72. The Hall–Kier alpha value is -1.78. The van der Waals surface area contributed by atoms with Crippen LogP contribution in [0.3, 0.4) is 0 Å². The van der Waals surface area contributed by atoms with E-state index in [1.807, 2.05) is 0 Å². The Kier molecular flexibility index (Phi) is 2.45. The number of rotatable bonds is 4. The smallest absolute Gasteiger partial charge is 0.352 e. The first-order valence-corrected chi connectivity index (χ1v) is 4.85. The maximum Gasteiger partial charge on any atom is 0.352 e. The lowest BCUT2D eigenvalue weighted by molar-refractivity contribution is -0.122. The number of H-pyrrole nitrogens is 1. The molecule has 80 valence electrons. The zero-order chi connectivity index (χ0) is 10.8. The molecule has 0 saturated heterocycles. The van der Waals surface area contributed by atoms with E-state index in [0.717, 1.165) is 18.4 Å². The molecule has 0 radical (unpaired) electrons. The highest BCUT2D eigenvalue weighted by Crippen LogP contribution is 2.28. The molecule has 1 heterocycles. The van der Waals surface area contributed by atoms with Crippen LogP contribution in [0.15, 0.2) is 12.3 Å². The Morgan fingerprint density at radius 3 is 2.80 bits per heavy atom. The minimum Gasteiger partial charge on any atom is -0.477 e. The Balaban J connectivity index is 1.87. The maximum absolute atomic E-state index is 11.3. The number of aromatic nitrogens is 1. The molecule has 3 N–H and O–H groups in total. The predicted octanol–water partition coefficient (Wildman–Crippen LogP) is 0.739. The summed E-state index contributed by atoms with van der Waals surface area (Å²) in [7, 11) is 0. The van der Waals surface area contributed by atoms with Gasteiger partial charge in [-0.05, 0) is 24.5 Å². The van der Waals surface area contributed by atoms with Crippen molar-refractivity contribution in [3.63, 3.8) is 0 Å². The molecule has 0 bridgehead atoms. The van der Waals surface area contributed by atoms with Crippen molar-refractivity contribution in [3.05, 3.63) is 23.5 Å². The molecule has 1 aromatic heterocycles. The zero-order valence-corrected chi connectivity index (χ0v) is 8.12. The number of hydrogen-bond donors (Lipinski definition) is 3. The van der Waals surface area contributed by atoms with Crippen LogP contribution in [-0.4, -0.2) is 22.0 Å². The van der Waals surface area contributed by atoms with Crippen LogP contribution in [0, 0.1) is 5.92 Å². The summed E-state index contributed by atoms with van der Waals surface area (Å²) in [5.74, 6) is -0.745. The minimum absolute atomic E-state index is 0.0630. The Morgan fingerprint density at radius 1 is 1.53 bits per heavy atom. The van der Waals surface area contributed by atoms with Crippen LogP contribution >= 0.6 is 0 Å². The fraction of sp³-hybridized carbons (Fsp3) is 0.400. The van der Waals surface area contributed by atoms with E-state index in [4.69, 9.17) is 5.11 Å². The SMILES string of the molecule is O=C(O)c1cc(CNC(=O)C2CC2)c[nH]1. The summed E-state index contributed by atoms with van der Waals surface area (Å²) in [5.41, 5.74) is 0.923. The molecule has 5 nitrogen and oxygen atoms in total. The lowest BCUT2D eigenvalue weighted by Gasteiger charge is -2.00. The number of nitrogens with one attached hydrogen (secondary N) is 2. The highest BCUT2D eigenvalue weighted by molar-refractivity contribution is 5.85. The molecule has 0 unspecified atom stereocenters. The lowest BCUT2D eigenvalue weighted by atomic mass is 10.3. The van der Waals surface area contributed by atoms with E-state index in [2.05, 4.69) is 10.3 Å². The molecule has 1 aliphatic carbocycles. The predicted molar refractivity (Wildman–Crippen MR) is 52.3 cm³/mol. The molecule has 1 aromatic rings. The molecule has 1 saturated carbocycles. The summed E-state index contributed by atoms with van der Waals surface area (Å²) in [6.45, 7) is 0.388. The van der Waals surface area contributed by atoms with Gasteiger partial charge in [-0.2, -0.15) is 0 Å². The summed E-state index contributed by atoms with van der Waals surface area (Å²) in [5, 5.41) is 11.4. The fourth-order valence-corrected chi connectivity index (χ4v) is 1.34. The van der Waals surface area contributed by atoms with Crippen molar-refractivity contribution >= 4 is 11.9 Å². The largest absolute Gasteiger partial charge is 0.477 e. The lowest BCUT2D eigenvalue weighted by Crippen LogP contribution is -2.23. The van der Waals surface area contributed by atoms with Crippen LogP contribution in [0.4, 0.5) is 0 Å². The van der Waals surface area contributed by atoms with Crippen LogP contribution in [-0.2, 0) is 11.3 Å². The van der Waals surface area contributed by atoms with Crippen molar-refractivity contribution in [1.82, 2.24) is 10.3 Å². The number of carbonyl (C=O) groups is 2. The van der Waals surface area contributed by atoms with Gasteiger partial charge < -0.3 is 15.4 Å². The van der Waals surface area contributed by atoms with Gasteiger partial charge in [-0.25, -0.2) is 4.79 Å². The van der Waals surface area contributed by atoms with Crippen molar-refractivity contribution < 1.29 is 14.7 Å². The molecule has 0 aliphatic heterocycles.